The number of anilines is 1. The van der Waals surface area contributed by atoms with Crippen LogP contribution in [0, 0.1) is 13.8 Å². The fraction of sp³-hybridized carbons (Fsp3) is 0.350. The lowest BCUT2D eigenvalue weighted by atomic mass is 10.2. The molecule has 1 aromatic carbocycles. The summed E-state index contributed by atoms with van der Waals surface area (Å²) < 4.78 is 5.82. The number of nitrogens with zero attached hydrogens (tertiary/aromatic N) is 3. The van der Waals surface area contributed by atoms with Crippen molar-refractivity contribution in [2.45, 2.75) is 20.8 Å². The van der Waals surface area contributed by atoms with Gasteiger partial charge in [0.1, 0.15) is 29.3 Å². The normalized spacial score (nSPS) is 10.8. The van der Waals surface area contributed by atoms with E-state index in [4.69, 9.17) is 4.74 Å². The van der Waals surface area contributed by atoms with E-state index < -0.39 is 0 Å². The van der Waals surface area contributed by atoms with Crippen LogP contribution in [0.2, 0.25) is 0 Å². The maximum absolute atomic E-state index is 12.3. The maximum atomic E-state index is 12.3. The van der Waals surface area contributed by atoms with Crippen LogP contribution < -0.4 is 15.0 Å². The average molecular weight is 385 g/mol. The van der Waals surface area contributed by atoms with Gasteiger partial charge in [0.2, 0.25) is 0 Å². The second-order valence-corrected chi connectivity index (χ2v) is 7.38. The molecule has 0 radical (unpaired) electrons. The number of hydrogen-bond acceptors (Lipinski definition) is 6. The van der Waals surface area contributed by atoms with E-state index in [-0.39, 0.29) is 5.91 Å². The lowest BCUT2D eigenvalue weighted by Crippen LogP contribution is -2.25. The zero-order chi connectivity index (χ0) is 19.4. The van der Waals surface area contributed by atoms with E-state index in [2.05, 4.69) is 22.2 Å². The third kappa shape index (κ3) is 4.19. The molecule has 27 heavy (non-hydrogen) atoms. The molecule has 6 nitrogen and oxygen atoms in total. The number of fused-ring (bicyclic) bond motifs is 1. The predicted molar refractivity (Wildman–Crippen MR) is 110 cm³/mol. The van der Waals surface area contributed by atoms with Crippen LogP contribution in [0.25, 0.3) is 10.2 Å². The van der Waals surface area contributed by atoms with Gasteiger partial charge in [0.15, 0.2) is 0 Å². The molecule has 0 spiro atoms. The van der Waals surface area contributed by atoms with Gasteiger partial charge in [-0.2, -0.15) is 0 Å². The first-order chi connectivity index (χ1) is 13.0. The molecule has 0 saturated carbocycles. The minimum atomic E-state index is -0.0608. The first kappa shape index (κ1) is 19.1. The summed E-state index contributed by atoms with van der Waals surface area (Å²) >= 11 is 1.40. The topological polar surface area (TPSA) is 67.4 Å². The molecule has 0 fully saturated rings. The molecule has 0 unspecified atom stereocenters. The number of nitrogens with one attached hydrogen (secondary N) is 1. The lowest BCUT2D eigenvalue weighted by molar-refractivity contribution is 0.0959. The third-order valence-electron chi connectivity index (χ3n) is 4.33. The molecule has 142 valence electrons. The van der Waals surface area contributed by atoms with Crippen LogP contribution in [-0.2, 0) is 0 Å². The van der Waals surface area contributed by atoms with E-state index in [0.29, 0.717) is 24.6 Å². The lowest BCUT2D eigenvalue weighted by Gasteiger charge is -2.19. The summed E-state index contributed by atoms with van der Waals surface area (Å²) in [5.41, 5.74) is 2.13. The summed E-state index contributed by atoms with van der Waals surface area (Å²) in [6.45, 7) is 7.72. The number of carbonyl (C=O) groups excluding carboxylic acids is 1. The number of carbonyl (C=O) groups is 1. The van der Waals surface area contributed by atoms with Gasteiger partial charge in [0.05, 0.1) is 16.8 Å². The second kappa shape index (κ2) is 8.35. The summed E-state index contributed by atoms with van der Waals surface area (Å²) in [6, 6.07) is 8.01. The van der Waals surface area contributed by atoms with Gasteiger partial charge in [-0.15, -0.1) is 11.3 Å². The van der Waals surface area contributed by atoms with E-state index in [0.717, 1.165) is 27.3 Å². The number of aryl methyl sites for hydroxylation is 2. The van der Waals surface area contributed by atoms with Gasteiger partial charge in [-0.3, -0.25) is 4.79 Å². The van der Waals surface area contributed by atoms with Crippen molar-refractivity contribution < 1.29 is 9.53 Å². The van der Waals surface area contributed by atoms with Gasteiger partial charge in [0, 0.05) is 13.6 Å². The van der Waals surface area contributed by atoms with Gasteiger partial charge in [-0.05, 0) is 38.5 Å². The zero-order valence-corrected chi connectivity index (χ0v) is 16.9. The minimum absolute atomic E-state index is 0.0608. The van der Waals surface area contributed by atoms with Gasteiger partial charge >= 0.3 is 0 Å². The van der Waals surface area contributed by atoms with Crippen LogP contribution in [0.5, 0.6) is 5.75 Å². The Balaban J connectivity index is 1.76. The highest BCUT2D eigenvalue weighted by atomic mass is 32.1. The summed E-state index contributed by atoms with van der Waals surface area (Å²) in [4.78, 5) is 24.7. The summed E-state index contributed by atoms with van der Waals surface area (Å²) in [6.07, 6.45) is 1.55. The highest BCUT2D eigenvalue weighted by Crippen LogP contribution is 2.34. The molecule has 3 rings (SSSR count). The number of amides is 1. The van der Waals surface area contributed by atoms with Crippen LogP contribution in [0.1, 0.15) is 27.7 Å². The molecule has 2 aromatic heterocycles. The number of rotatable bonds is 7. The van der Waals surface area contributed by atoms with Gasteiger partial charge in [-0.1, -0.05) is 17.7 Å². The number of hydrogen-bond donors (Lipinski definition) is 1. The molecular weight excluding hydrogens is 360 g/mol. The Kier molecular flexibility index (Phi) is 5.91. The Hall–Kier alpha value is -2.67. The molecule has 0 atom stereocenters. The number of benzene rings is 1. The van der Waals surface area contributed by atoms with Crippen molar-refractivity contribution in [1.82, 2.24) is 15.3 Å². The standard InChI is InChI=1S/C20H24N4O2S/c1-5-21-19(25)17-14(3)16-18(22-12-23-20(16)27-17)24(4)10-11-26-15-8-6-13(2)7-9-15/h6-9,12H,5,10-11H2,1-4H3,(H,21,25). The predicted octanol–water partition coefficient (Wildman–Crippen LogP) is 3.57. The Morgan fingerprint density at radius 2 is 1.96 bits per heavy atom. The first-order valence-corrected chi connectivity index (χ1v) is 9.75. The van der Waals surface area contributed by atoms with Crippen LogP contribution in [0.3, 0.4) is 0 Å². The van der Waals surface area contributed by atoms with Crippen LogP contribution >= 0.6 is 11.3 Å². The van der Waals surface area contributed by atoms with E-state index >= 15 is 0 Å². The van der Waals surface area contributed by atoms with E-state index in [9.17, 15) is 4.79 Å². The number of likely N-dealkylation sites (N-methyl/N-ethyl adjacent to an activating group) is 1. The number of thiophene rings is 1. The number of aromatic nitrogens is 2. The quantitative estimate of drug-likeness (QED) is 0.674. The van der Waals surface area contributed by atoms with Crippen molar-refractivity contribution in [2.24, 2.45) is 0 Å². The largest absolute Gasteiger partial charge is 0.492 e. The monoisotopic (exact) mass is 384 g/mol. The highest BCUT2D eigenvalue weighted by Gasteiger charge is 2.20. The van der Waals surface area contributed by atoms with Crippen molar-refractivity contribution in [3.8, 4) is 5.75 Å². The van der Waals surface area contributed by atoms with Crippen molar-refractivity contribution in [2.75, 3.05) is 31.6 Å². The smallest absolute Gasteiger partial charge is 0.261 e. The van der Waals surface area contributed by atoms with Crippen molar-refractivity contribution >= 4 is 33.3 Å². The van der Waals surface area contributed by atoms with Gasteiger partial charge < -0.3 is 15.0 Å². The molecule has 7 heteroatoms. The van der Waals surface area contributed by atoms with E-state index in [1.807, 2.05) is 50.1 Å². The van der Waals surface area contributed by atoms with Crippen LogP contribution in [0.4, 0.5) is 5.82 Å². The van der Waals surface area contributed by atoms with Crippen LogP contribution in [0.15, 0.2) is 30.6 Å². The summed E-state index contributed by atoms with van der Waals surface area (Å²) in [7, 11) is 1.98. The molecule has 0 bridgehead atoms. The Morgan fingerprint density at radius 3 is 2.67 bits per heavy atom. The molecule has 0 aliphatic heterocycles. The molecule has 1 N–H and O–H groups in total. The Bertz CT molecular complexity index is 937. The van der Waals surface area contributed by atoms with E-state index in [1.165, 1.54) is 16.9 Å². The van der Waals surface area contributed by atoms with Crippen molar-refractivity contribution in [1.29, 1.82) is 0 Å². The van der Waals surface area contributed by atoms with Crippen LogP contribution in [-0.4, -0.2) is 42.6 Å². The average Bonchev–Trinajstić information content (AvgIpc) is 3.00. The molecule has 0 saturated heterocycles. The Labute approximate surface area is 163 Å². The Morgan fingerprint density at radius 1 is 1.22 bits per heavy atom. The molecule has 0 aliphatic rings. The first-order valence-electron chi connectivity index (χ1n) is 8.94. The molecular formula is C20H24N4O2S. The summed E-state index contributed by atoms with van der Waals surface area (Å²) in [5, 5.41) is 3.79. The third-order valence-corrected chi connectivity index (χ3v) is 5.53. The van der Waals surface area contributed by atoms with Gasteiger partial charge in [-0.25, -0.2) is 9.97 Å². The molecule has 0 aliphatic carbocycles. The van der Waals surface area contributed by atoms with Crippen molar-refractivity contribution in [3.05, 3.63) is 46.6 Å². The number of ether oxygens (including phenoxy) is 1. The molecule has 2 heterocycles. The van der Waals surface area contributed by atoms with E-state index in [1.54, 1.807) is 6.33 Å². The fourth-order valence-corrected chi connectivity index (χ4v) is 3.90. The summed E-state index contributed by atoms with van der Waals surface area (Å²) in [5.74, 6) is 1.61. The minimum Gasteiger partial charge on any atom is -0.492 e. The molecule has 3 aromatic rings. The zero-order valence-electron chi connectivity index (χ0n) is 16.1. The van der Waals surface area contributed by atoms with Crippen molar-refractivity contribution in [3.63, 3.8) is 0 Å². The van der Waals surface area contributed by atoms with Gasteiger partial charge in [0.25, 0.3) is 5.91 Å². The fourth-order valence-electron chi connectivity index (χ4n) is 2.84. The molecule has 1 amide bonds. The highest BCUT2D eigenvalue weighted by molar-refractivity contribution is 7.20. The maximum Gasteiger partial charge on any atom is 0.261 e. The second-order valence-electron chi connectivity index (χ2n) is 6.38. The SMILES string of the molecule is CCNC(=O)c1sc2ncnc(N(C)CCOc3ccc(C)cc3)c2c1C.